The molecule has 0 aromatic carbocycles. The van der Waals surface area contributed by atoms with Crippen LogP contribution in [0.3, 0.4) is 0 Å². The topological polar surface area (TPSA) is 69.6 Å². The van der Waals surface area contributed by atoms with Crippen molar-refractivity contribution in [2.75, 3.05) is 13.6 Å². The molecule has 0 aromatic rings. The molecule has 21 heavy (non-hydrogen) atoms. The molecule has 0 aromatic heterocycles. The smallest absolute Gasteiger partial charge is 0.417 e. The van der Waals surface area contributed by atoms with E-state index in [4.69, 9.17) is 5.11 Å². The van der Waals surface area contributed by atoms with Gasteiger partial charge in [0.2, 0.25) is 11.4 Å². The summed E-state index contributed by atoms with van der Waals surface area (Å²) in [7, 11) is 1.55. The van der Waals surface area contributed by atoms with Gasteiger partial charge in [-0.25, -0.2) is 4.79 Å². The molecule has 0 saturated heterocycles. The van der Waals surface area contributed by atoms with Gasteiger partial charge in [0.1, 0.15) is 0 Å². The second-order valence-electron chi connectivity index (χ2n) is 5.58. The van der Waals surface area contributed by atoms with Crippen molar-refractivity contribution in [1.29, 1.82) is 0 Å². The lowest BCUT2D eigenvalue weighted by molar-refractivity contribution is -0.205. The van der Waals surface area contributed by atoms with Gasteiger partial charge >= 0.3 is 12.1 Å². The molecule has 1 atom stereocenters. The van der Waals surface area contributed by atoms with Gasteiger partial charge in [-0.15, -0.1) is 0 Å². The third-order valence-corrected chi connectivity index (χ3v) is 4.10. The molecule has 0 aliphatic heterocycles. The van der Waals surface area contributed by atoms with E-state index in [9.17, 15) is 22.8 Å². The molecule has 1 saturated carbocycles. The largest absolute Gasteiger partial charge is 0.480 e. The van der Waals surface area contributed by atoms with E-state index in [1.54, 1.807) is 7.05 Å². The van der Waals surface area contributed by atoms with E-state index in [1.807, 2.05) is 5.32 Å². The van der Waals surface area contributed by atoms with Crippen molar-refractivity contribution in [2.24, 2.45) is 0 Å². The number of hydrogen-bond acceptors (Lipinski definition) is 3. The Labute approximate surface area is 121 Å². The fraction of sp³-hybridized carbons (Fsp3) is 0.846. The Bertz CT molecular complexity index is 395. The highest BCUT2D eigenvalue weighted by Gasteiger charge is 2.57. The van der Waals surface area contributed by atoms with Crippen LogP contribution in [0.5, 0.6) is 0 Å². The zero-order valence-electron chi connectivity index (χ0n) is 12.2. The normalized spacial score (nSPS) is 19.9. The van der Waals surface area contributed by atoms with Crippen molar-refractivity contribution in [3.63, 3.8) is 0 Å². The Balaban J connectivity index is 2.63. The number of likely N-dealkylation sites (N-methyl/N-ethyl adjacent to an activating group) is 1. The van der Waals surface area contributed by atoms with Crippen LogP contribution >= 0.6 is 0 Å². The summed E-state index contributed by atoms with van der Waals surface area (Å²) in [4.78, 5) is 24.2. The Morgan fingerprint density at radius 1 is 1.24 bits per heavy atom. The molecule has 1 fully saturated rings. The predicted octanol–water partition coefficient (Wildman–Crippen LogP) is 1.77. The number of rotatable bonds is 5. The highest BCUT2D eigenvalue weighted by atomic mass is 19.4. The van der Waals surface area contributed by atoms with Crippen LogP contribution in [-0.4, -0.2) is 53.2 Å². The van der Waals surface area contributed by atoms with E-state index < -0.39 is 30.1 Å². The first kappa shape index (κ1) is 17.7. The zero-order valence-corrected chi connectivity index (χ0v) is 12.2. The second-order valence-corrected chi connectivity index (χ2v) is 5.58. The van der Waals surface area contributed by atoms with Gasteiger partial charge in [-0.2, -0.15) is 13.2 Å². The van der Waals surface area contributed by atoms with E-state index in [1.165, 1.54) is 4.90 Å². The maximum Gasteiger partial charge on any atom is 0.417 e. The van der Waals surface area contributed by atoms with Crippen LogP contribution in [0, 0.1) is 0 Å². The number of carbonyl (C=O) groups excluding carboxylic acids is 1. The fourth-order valence-corrected chi connectivity index (χ4v) is 2.35. The van der Waals surface area contributed by atoms with Gasteiger partial charge in [0.05, 0.1) is 6.54 Å². The number of alkyl halides is 3. The summed E-state index contributed by atoms with van der Waals surface area (Å²) < 4.78 is 38.4. The second kappa shape index (κ2) is 6.64. The van der Waals surface area contributed by atoms with E-state index in [2.05, 4.69) is 0 Å². The van der Waals surface area contributed by atoms with Gasteiger partial charge < -0.3 is 10.0 Å². The first-order valence-electron chi connectivity index (χ1n) is 6.90. The molecule has 0 radical (unpaired) electrons. The summed E-state index contributed by atoms with van der Waals surface area (Å²) in [6.45, 7) is -0.140. The van der Waals surface area contributed by atoms with Crippen molar-refractivity contribution in [3.8, 4) is 0 Å². The number of aliphatic carboxylic acids is 1. The third kappa shape index (κ3) is 4.09. The quantitative estimate of drug-likeness (QED) is 0.812. The maximum absolute atomic E-state index is 12.8. The van der Waals surface area contributed by atoms with Gasteiger partial charge in [0.25, 0.3) is 0 Å². The number of carbonyl (C=O) groups is 2. The van der Waals surface area contributed by atoms with Crippen molar-refractivity contribution < 1.29 is 27.9 Å². The molecular formula is C13H21F3N2O3. The monoisotopic (exact) mass is 310 g/mol. The minimum atomic E-state index is -4.98. The lowest BCUT2D eigenvalue weighted by Crippen LogP contribution is -2.62. The highest BCUT2D eigenvalue weighted by molar-refractivity contribution is 5.82. The van der Waals surface area contributed by atoms with Crippen molar-refractivity contribution >= 4 is 11.9 Å². The number of amides is 1. The average Bonchev–Trinajstić information content (AvgIpc) is 2.42. The summed E-state index contributed by atoms with van der Waals surface area (Å²) in [6, 6.07) is 0.0232. The maximum atomic E-state index is 12.8. The molecule has 122 valence electrons. The molecule has 1 amide bonds. The van der Waals surface area contributed by atoms with Crippen LogP contribution in [0.4, 0.5) is 13.2 Å². The molecular weight excluding hydrogens is 289 g/mol. The van der Waals surface area contributed by atoms with Crippen LogP contribution in [0.1, 0.15) is 39.0 Å². The van der Waals surface area contributed by atoms with Gasteiger partial charge in [0.15, 0.2) is 0 Å². The summed E-state index contributed by atoms with van der Waals surface area (Å²) in [5.74, 6) is -2.58. The SMILES string of the molecule is CN(C(=O)CNC(C)(C(=O)O)C(F)(F)F)C1CCCCC1. The third-order valence-electron chi connectivity index (χ3n) is 4.10. The van der Waals surface area contributed by atoms with Gasteiger partial charge in [-0.3, -0.25) is 10.1 Å². The standard InChI is InChI=1S/C13H21F3N2O3/c1-12(11(20)21,13(14,15)16)17-8-10(19)18(2)9-6-4-3-5-7-9/h9,17H,3-8H2,1-2H3,(H,20,21). The van der Waals surface area contributed by atoms with Crippen LogP contribution in [0.2, 0.25) is 0 Å². The van der Waals surface area contributed by atoms with E-state index in [0.717, 1.165) is 32.1 Å². The number of carboxylic acid groups (broad SMARTS) is 1. The lowest BCUT2D eigenvalue weighted by Gasteiger charge is -2.33. The van der Waals surface area contributed by atoms with Crippen LogP contribution in [0.15, 0.2) is 0 Å². The summed E-state index contributed by atoms with van der Waals surface area (Å²) >= 11 is 0. The number of carboxylic acids is 1. The number of nitrogens with one attached hydrogen (secondary N) is 1. The van der Waals surface area contributed by atoms with E-state index in [0.29, 0.717) is 6.92 Å². The Morgan fingerprint density at radius 3 is 2.19 bits per heavy atom. The van der Waals surface area contributed by atoms with Gasteiger partial charge in [0, 0.05) is 13.1 Å². The molecule has 8 heteroatoms. The summed E-state index contributed by atoms with van der Waals surface area (Å²) in [6.07, 6.45) is -0.240. The molecule has 0 spiro atoms. The van der Waals surface area contributed by atoms with E-state index in [-0.39, 0.29) is 6.04 Å². The van der Waals surface area contributed by atoms with Crippen molar-refractivity contribution in [3.05, 3.63) is 0 Å². The first-order chi connectivity index (χ1) is 9.59. The molecule has 1 rings (SSSR count). The summed E-state index contributed by atoms with van der Waals surface area (Å²) in [5.41, 5.74) is -3.13. The molecule has 0 bridgehead atoms. The number of halogens is 3. The van der Waals surface area contributed by atoms with Crippen molar-refractivity contribution in [1.82, 2.24) is 10.2 Å². The zero-order chi connectivity index (χ0) is 16.3. The van der Waals surface area contributed by atoms with Gasteiger partial charge in [-0.1, -0.05) is 19.3 Å². The predicted molar refractivity (Wildman–Crippen MR) is 69.7 cm³/mol. The molecule has 5 nitrogen and oxygen atoms in total. The van der Waals surface area contributed by atoms with E-state index >= 15 is 0 Å². The average molecular weight is 310 g/mol. The fourth-order valence-electron chi connectivity index (χ4n) is 2.35. The molecule has 1 aliphatic carbocycles. The minimum Gasteiger partial charge on any atom is -0.480 e. The van der Waals surface area contributed by atoms with Crippen molar-refractivity contribution in [2.45, 2.75) is 56.8 Å². The molecule has 1 aliphatic rings. The first-order valence-corrected chi connectivity index (χ1v) is 6.90. The highest BCUT2D eigenvalue weighted by Crippen LogP contribution is 2.30. The lowest BCUT2D eigenvalue weighted by atomic mass is 9.94. The van der Waals surface area contributed by atoms with Crippen LogP contribution < -0.4 is 5.32 Å². The Hall–Kier alpha value is -1.31. The number of nitrogens with zero attached hydrogens (tertiary/aromatic N) is 1. The van der Waals surface area contributed by atoms with Gasteiger partial charge in [-0.05, 0) is 19.8 Å². The van der Waals surface area contributed by atoms with Crippen LogP contribution in [-0.2, 0) is 9.59 Å². The number of hydrogen-bond donors (Lipinski definition) is 2. The minimum absolute atomic E-state index is 0.0232. The summed E-state index contributed by atoms with van der Waals surface area (Å²) in [5, 5.41) is 10.6. The Morgan fingerprint density at radius 2 is 1.76 bits per heavy atom. The molecule has 1 unspecified atom stereocenters. The molecule has 0 heterocycles. The Kier molecular flexibility index (Phi) is 5.61. The molecule has 2 N–H and O–H groups in total. The van der Waals surface area contributed by atoms with Crippen LogP contribution in [0.25, 0.3) is 0 Å².